The van der Waals surface area contributed by atoms with Crippen molar-refractivity contribution < 1.29 is 9.59 Å². The first kappa shape index (κ1) is 14.2. The zero-order valence-corrected chi connectivity index (χ0v) is 12.0. The monoisotopic (exact) mass is 300 g/mol. The number of carbonyl (C=O) groups excluding carboxylic acids is 2. The average molecular weight is 301 g/mol. The third-order valence-electron chi connectivity index (χ3n) is 3.12. The van der Waals surface area contributed by atoms with Crippen molar-refractivity contribution in [1.29, 1.82) is 0 Å². The van der Waals surface area contributed by atoms with E-state index in [1.54, 1.807) is 15.9 Å². The van der Waals surface area contributed by atoms with Crippen molar-refractivity contribution in [2.45, 2.75) is 13.0 Å². The molecule has 0 aromatic heterocycles. The molecule has 0 N–H and O–H groups in total. The largest absolute Gasteiger partial charge is 0.307 e. The van der Waals surface area contributed by atoms with Crippen molar-refractivity contribution in [3.8, 4) is 0 Å². The van der Waals surface area contributed by atoms with E-state index in [2.05, 4.69) is 0 Å². The molecule has 1 atom stereocenters. The summed E-state index contributed by atoms with van der Waals surface area (Å²) in [5, 5.41) is 0. The SMILES string of the molecule is C[C@@H]1CN(C(=O)CCl)c2ccccc2N1C(=O)CCl. The molecule has 1 aliphatic heterocycles. The molecule has 1 aromatic carbocycles. The van der Waals surface area contributed by atoms with Gasteiger partial charge in [-0.15, -0.1) is 23.2 Å². The van der Waals surface area contributed by atoms with Crippen molar-refractivity contribution in [3.05, 3.63) is 24.3 Å². The second-order valence-electron chi connectivity index (χ2n) is 4.37. The van der Waals surface area contributed by atoms with Gasteiger partial charge in [-0.25, -0.2) is 0 Å². The minimum absolute atomic E-state index is 0.0789. The summed E-state index contributed by atoms with van der Waals surface area (Å²) in [5.41, 5.74) is 1.40. The second kappa shape index (κ2) is 5.80. The van der Waals surface area contributed by atoms with Gasteiger partial charge in [0.1, 0.15) is 11.8 Å². The standard InChI is InChI=1S/C13H14Cl2N2O2/c1-9-8-16(12(18)6-14)10-4-2-3-5-11(10)17(9)13(19)7-15/h2-5,9H,6-8H2,1H3/t9-/m1/s1. The number of rotatable bonds is 2. The third kappa shape index (κ3) is 2.55. The highest BCUT2D eigenvalue weighted by Gasteiger charge is 2.33. The molecule has 0 unspecified atom stereocenters. The summed E-state index contributed by atoms with van der Waals surface area (Å²) < 4.78 is 0. The van der Waals surface area contributed by atoms with Gasteiger partial charge in [-0.2, -0.15) is 0 Å². The van der Waals surface area contributed by atoms with Crippen LogP contribution in [0, 0.1) is 0 Å². The zero-order valence-electron chi connectivity index (χ0n) is 10.5. The molecule has 0 radical (unpaired) electrons. The molecule has 0 aliphatic carbocycles. The van der Waals surface area contributed by atoms with E-state index < -0.39 is 0 Å². The van der Waals surface area contributed by atoms with Gasteiger partial charge in [0.2, 0.25) is 11.8 Å². The molecule has 0 bridgehead atoms. The number of benzene rings is 1. The van der Waals surface area contributed by atoms with E-state index in [0.29, 0.717) is 17.9 Å². The minimum Gasteiger partial charge on any atom is -0.307 e. The Morgan fingerprint density at radius 1 is 1.16 bits per heavy atom. The van der Waals surface area contributed by atoms with Crippen LogP contribution >= 0.6 is 23.2 Å². The van der Waals surface area contributed by atoms with E-state index in [9.17, 15) is 9.59 Å². The molecule has 1 aliphatic rings. The fourth-order valence-corrected chi connectivity index (χ4v) is 2.60. The third-order valence-corrected chi connectivity index (χ3v) is 3.58. The van der Waals surface area contributed by atoms with Crippen molar-refractivity contribution in [2.75, 3.05) is 28.1 Å². The smallest absolute Gasteiger partial charge is 0.242 e. The van der Waals surface area contributed by atoms with Gasteiger partial charge in [0.25, 0.3) is 0 Å². The minimum atomic E-state index is -0.168. The molecule has 4 nitrogen and oxygen atoms in total. The predicted octanol–water partition coefficient (Wildman–Crippen LogP) is 2.23. The number of carbonyl (C=O) groups is 2. The summed E-state index contributed by atoms with van der Waals surface area (Å²) in [6, 6.07) is 7.14. The molecule has 19 heavy (non-hydrogen) atoms. The van der Waals surface area contributed by atoms with E-state index in [1.807, 2.05) is 25.1 Å². The highest BCUT2D eigenvalue weighted by Crippen LogP contribution is 2.35. The van der Waals surface area contributed by atoms with Gasteiger partial charge in [0.15, 0.2) is 0 Å². The van der Waals surface area contributed by atoms with E-state index in [-0.39, 0.29) is 29.6 Å². The van der Waals surface area contributed by atoms with Crippen LogP contribution in [0.2, 0.25) is 0 Å². The Labute approximate surface area is 121 Å². The molecule has 0 saturated carbocycles. The molecule has 0 spiro atoms. The lowest BCUT2D eigenvalue weighted by atomic mass is 10.1. The summed E-state index contributed by atoms with van der Waals surface area (Å²) in [6.45, 7) is 2.31. The van der Waals surface area contributed by atoms with E-state index >= 15 is 0 Å². The molecular formula is C13H14Cl2N2O2. The van der Waals surface area contributed by atoms with Gasteiger partial charge in [-0.1, -0.05) is 12.1 Å². The molecule has 0 saturated heterocycles. The van der Waals surface area contributed by atoms with Crippen LogP contribution in [0.3, 0.4) is 0 Å². The van der Waals surface area contributed by atoms with Crippen LogP contribution in [0.15, 0.2) is 24.3 Å². The van der Waals surface area contributed by atoms with Crippen molar-refractivity contribution in [1.82, 2.24) is 0 Å². The number of para-hydroxylation sites is 2. The van der Waals surface area contributed by atoms with Gasteiger partial charge in [0, 0.05) is 6.54 Å². The van der Waals surface area contributed by atoms with Gasteiger partial charge in [0.05, 0.1) is 17.4 Å². The average Bonchev–Trinajstić information content (AvgIpc) is 2.44. The summed E-state index contributed by atoms with van der Waals surface area (Å²) >= 11 is 11.3. The molecule has 1 aromatic rings. The van der Waals surface area contributed by atoms with Crippen LogP contribution in [0.25, 0.3) is 0 Å². The number of fused-ring (bicyclic) bond motifs is 1. The molecule has 2 rings (SSSR count). The van der Waals surface area contributed by atoms with Crippen LogP contribution in [0.5, 0.6) is 0 Å². The Kier molecular flexibility index (Phi) is 4.32. The number of halogens is 2. The van der Waals surface area contributed by atoms with Crippen molar-refractivity contribution >= 4 is 46.4 Å². The molecule has 1 heterocycles. The lowest BCUT2D eigenvalue weighted by Crippen LogP contribution is -2.52. The Morgan fingerprint density at radius 2 is 1.74 bits per heavy atom. The summed E-state index contributed by atoms with van der Waals surface area (Å²) in [6.07, 6.45) is 0. The Bertz CT molecular complexity index is 507. The van der Waals surface area contributed by atoms with Gasteiger partial charge < -0.3 is 9.80 Å². The fraction of sp³-hybridized carbons (Fsp3) is 0.385. The molecule has 2 amide bonds. The summed E-state index contributed by atoms with van der Waals surface area (Å²) in [7, 11) is 0. The van der Waals surface area contributed by atoms with E-state index in [1.165, 1.54) is 0 Å². The van der Waals surface area contributed by atoms with Gasteiger partial charge in [-0.3, -0.25) is 9.59 Å². The number of alkyl halides is 2. The van der Waals surface area contributed by atoms with Crippen LogP contribution < -0.4 is 9.80 Å². The topological polar surface area (TPSA) is 40.6 Å². The quantitative estimate of drug-likeness (QED) is 0.786. The maximum Gasteiger partial charge on any atom is 0.242 e. The van der Waals surface area contributed by atoms with Crippen molar-refractivity contribution in [3.63, 3.8) is 0 Å². The first-order valence-corrected chi connectivity index (χ1v) is 7.00. The van der Waals surface area contributed by atoms with Crippen molar-refractivity contribution in [2.24, 2.45) is 0 Å². The molecule has 6 heteroatoms. The summed E-state index contributed by atoms with van der Waals surface area (Å²) in [4.78, 5) is 27.1. The maximum atomic E-state index is 12.0. The number of hydrogen-bond acceptors (Lipinski definition) is 2. The van der Waals surface area contributed by atoms with Crippen LogP contribution in [0.1, 0.15) is 6.92 Å². The zero-order chi connectivity index (χ0) is 14.0. The lowest BCUT2D eigenvalue weighted by Gasteiger charge is -2.40. The normalized spacial score (nSPS) is 18.2. The molecular weight excluding hydrogens is 287 g/mol. The van der Waals surface area contributed by atoms with E-state index in [0.717, 1.165) is 0 Å². The molecule has 0 fully saturated rings. The fourth-order valence-electron chi connectivity index (χ4n) is 2.33. The number of anilines is 2. The van der Waals surface area contributed by atoms with Gasteiger partial charge in [-0.05, 0) is 19.1 Å². The highest BCUT2D eigenvalue weighted by molar-refractivity contribution is 6.31. The number of nitrogens with zero attached hydrogens (tertiary/aromatic N) is 2. The van der Waals surface area contributed by atoms with Gasteiger partial charge >= 0.3 is 0 Å². The second-order valence-corrected chi connectivity index (χ2v) is 4.91. The number of hydrogen-bond donors (Lipinski definition) is 0. The Balaban J connectivity index is 2.48. The van der Waals surface area contributed by atoms with Crippen LogP contribution in [0.4, 0.5) is 11.4 Å². The first-order valence-electron chi connectivity index (χ1n) is 5.93. The highest BCUT2D eigenvalue weighted by atomic mass is 35.5. The lowest BCUT2D eigenvalue weighted by molar-refractivity contribution is -0.118. The van der Waals surface area contributed by atoms with E-state index in [4.69, 9.17) is 23.2 Å². The Hall–Kier alpha value is -1.26. The predicted molar refractivity (Wildman–Crippen MR) is 77.2 cm³/mol. The first-order chi connectivity index (χ1) is 9.10. The molecule has 102 valence electrons. The summed E-state index contributed by atoms with van der Waals surface area (Å²) in [5.74, 6) is -0.495. The van der Waals surface area contributed by atoms with Crippen LogP contribution in [-0.4, -0.2) is 36.2 Å². The number of amides is 2. The maximum absolute atomic E-state index is 12.0. The Morgan fingerprint density at radius 3 is 2.32 bits per heavy atom. The van der Waals surface area contributed by atoms with Crippen LogP contribution in [-0.2, 0) is 9.59 Å².